The number of nitrogens with two attached hydrogens (primary N) is 1. The van der Waals surface area contributed by atoms with Crippen LogP contribution in [0.1, 0.15) is 83.0 Å². The van der Waals surface area contributed by atoms with Crippen molar-refractivity contribution in [3.05, 3.63) is 43.7 Å². The molecule has 3 N–H and O–H groups in total. The highest BCUT2D eigenvalue weighted by Gasteiger charge is 2.25. The van der Waals surface area contributed by atoms with Crippen LogP contribution in [-0.4, -0.2) is 18.4 Å². The summed E-state index contributed by atoms with van der Waals surface area (Å²) in [5.74, 6) is -0.524. The number of hydrogen-bond acceptors (Lipinski definition) is 4. The SMILES string of the molecule is CCCCCCCOc1c(Cl)cc(C(=O)Nc2sc3c(c2C(N)=O)CCCC3)cc1Cl. The number of thiophene rings is 1. The van der Waals surface area contributed by atoms with E-state index in [1.54, 1.807) is 0 Å². The summed E-state index contributed by atoms with van der Waals surface area (Å²) in [7, 11) is 0. The number of nitrogens with one attached hydrogen (secondary N) is 1. The van der Waals surface area contributed by atoms with E-state index in [1.165, 1.54) is 42.7 Å². The lowest BCUT2D eigenvalue weighted by atomic mass is 9.95. The Morgan fingerprint density at radius 3 is 2.45 bits per heavy atom. The standard InChI is InChI=1S/C23H28Cl2N2O3S/c1-2-3-4-5-8-11-30-20-16(24)12-14(13-17(20)25)22(29)27-23-19(21(26)28)15-9-6-7-10-18(15)31-23/h12-13H,2-11H2,1H3,(H2,26,28)(H,27,29). The summed E-state index contributed by atoms with van der Waals surface area (Å²) < 4.78 is 5.75. The van der Waals surface area contributed by atoms with Gasteiger partial charge >= 0.3 is 0 Å². The quantitative estimate of drug-likeness (QED) is 0.372. The lowest BCUT2D eigenvalue weighted by Gasteiger charge is -2.12. The molecule has 3 rings (SSSR count). The van der Waals surface area contributed by atoms with Crippen molar-refractivity contribution in [2.24, 2.45) is 5.73 Å². The number of amides is 2. The fourth-order valence-corrected chi connectivity index (χ4v) is 5.68. The summed E-state index contributed by atoms with van der Waals surface area (Å²) in [5, 5.41) is 3.89. The number of fused-ring (bicyclic) bond motifs is 1. The van der Waals surface area contributed by atoms with Gasteiger partial charge in [0.15, 0.2) is 5.75 Å². The zero-order valence-electron chi connectivity index (χ0n) is 17.7. The number of primary amides is 1. The molecular formula is C23H28Cl2N2O3S. The van der Waals surface area contributed by atoms with Crippen LogP contribution in [0.15, 0.2) is 12.1 Å². The summed E-state index contributed by atoms with van der Waals surface area (Å²) in [4.78, 5) is 26.0. The second-order valence-corrected chi connectivity index (χ2v) is 9.68. The normalized spacial score (nSPS) is 13.0. The minimum atomic E-state index is -0.520. The van der Waals surface area contributed by atoms with Gasteiger partial charge in [-0.2, -0.15) is 0 Å². The number of hydrogen-bond donors (Lipinski definition) is 2. The van der Waals surface area contributed by atoms with Crippen molar-refractivity contribution in [3.8, 4) is 5.75 Å². The lowest BCUT2D eigenvalue weighted by molar-refractivity contribution is 0.100. The Labute approximate surface area is 197 Å². The van der Waals surface area contributed by atoms with Gasteiger partial charge in [-0.25, -0.2) is 0 Å². The van der Waals surface area contributed by atoms with E-state index in [2.05, 4.69) is 12.2 Å². The first-order valence-corrected chi connectivity index (χ1v) is 12.4. The van der Waals surface area contributed by atoms with E-state index in [1.807, 2.05) is 0 Å². The van der Waals surface area contributed by atoms with Crippen molar-refractivity contribution >= 4 is 51.4 Å². The van der Waals surface area contributed by atoms with Crippen molar-refractivity contribution < 1.29 is 14.3 Å². The molecule has 1 aromatic heterocycles. The smallest absolute Gasteiger partial charge is 0.256 e. The Morgan fingerprint density at radius 1 is 1.10 bits per heavy atom. The van der Waals surface area contributed by atoms with Gasteiger partial charge in [0.05, 0.1) is 22.2 Å². The molecule has 0 saturated carbocycles. The molecule has 0 bridgehead atoms. The molecular weight excluding hydrogens is 455 g/mol. The van der Waals surface area contributed by atoms with Crippen molar-refractivity contribution in [3.63, 3.8) is 0 Å². The molecule has 1 heterocycles. The molecule has 5 nitrogen and oxygen atoms in total. The molecule has 0 aliphatic heterocycles. The molecule has 2 aromatic rings. The molecule has 0 radical (unpaired) electrons. The molecule has 1 aliphatic rings. The van der Waals surface area contributed by atoms with Crippen LogP contribution in [-0.2, 0) is 12.8 Å². The van der Waals surface area contributed by atoms with Gasteiger partial charge in [0.1, 0.15) is 5.00 Å². The van der Waals surface area contributed by atoms with Crippen molar-refractivity contribution in [1.29, 1.82) is 0 Å². The largest absolute Gasteiger partial charge is 0.490 e. The van der Waals surface area contributed by atoms with Crippen LogP contribution in [0.2, 0.25) is 10.0 Å². The summed E-state index contributed by atoms with van der Waals surface area (Å²) in [6, 6.07) is 3.07. The highest BCUT2D eigenvalue weighted by Crippen LogP contribution is 2.39. The number of benzene rings is 1. The van der Waals surface area contributed by atoms with E-state index < -0.39 is 11.8 Å². The van der Waals surface area contributed by atoms with Crippen LogP contribution in [0.25, 0.3) is 0 Å². The van der Waals surface area contributed by atoms with Gasteiger partial charge in [-0.05, 0) is 49.8 Å². The van der Waals surface area contributed by atoms with E-state index in [0.717, 1.165) is 49.0 Å². The Balaban J connectivity index is 1.70. The maximum absolute atomic E-state index is 12.9. The third-order valence-electron chi connectivity index (χ3n) is 5.40. The first kappa shape index (κ1) is 23.9. The van der Waals surface area contributed by atoms with Crippen LogP contribution in [0.5, 0.6) is 5.75 Å². The molecule has 0 saturated heterocycles. The van der Waals surface area contributed by atoms with Gasteiger partial charge in [-0.1, -0.05) is 55.8 Å². The fraction of sp³-hybridized carbons (Fsp3) is 0.478. The minimum Gasteiger partial charge on any atom is -0.490 e. The molecule has 31 heavy (non-hydrogen) atoms. The monoisotopic (exact) mass is 482 g/mol. The maximum atomic E-state index is 12.9. The predicted molar refractivity (Wildman–Crippen MR) is 128 cm³/mol. The second kappa shape index (κ2) is 11.2. The average Bonchev–Trinajstić information content (AvgIpc) is 3.10. The average molecular weight is 483 g/mol. The number of anilines is 1. The maximum Gasteiger partial charge on any atom is 0.256 e. The number of halogens is 2. The number of aryl methyl sites for hydroxylation is 1. The van der Waals surface area contributed by atoms with E-state index in [0.29, 0.717) is 28.5 Å². The molecule has 1 aromatic carbocycles. The van der Waals surface area contributed by atoms with Crippen LogP contribution >= 0.6 is 34.5 Å². The highest BCUT2D eigenvalue weighted by molar-refractivity contribution is 7.17. The van der Waals surface area contributed by atoms with Crippen LogP contribution in [0.4, 0.5) is 5.00 Å². The molecule has 0 fully saturated rings. The number of ether oxygens (including phenoxy) is 1. The van der Waals surface area contributed by atoms with Crippen molar-refractivity contribution in [2.75, 3.05) is 11.9 Å². The Morgan fingerprint density at radius 2 is 1.77 bits per heavy atom. The molecule has 8 heteroatoms. The van der Waals surface area contributed by atoms with E-state index >= 15 is 0 Å². The van der Waals surface area contributed by atoms with E-state index in [9.17, 15) is 9.59 Å². The predicted octanol–water partition coefficient (Wildman–Crippen LogP) is 6.63. The van der Waals surface area contributed by atoms with Gasteiger partial charge in [0.25, 0.3) is 11.8 Å². The van der Waals surface area contributed by atoms with Gasteiger partial charge in [-0.3, -0.25) is 9.59 Å². The number of carbonyl (C=O) groups is 2. The molecule has 168 valence electrons. The topological polar surface area (TPSA) is 81.4 Å². The Hall–Kier alpha value is -1.76. The van der Waals surface area contributed by atoms with Crippen LogP contribution in [0, 0.1) is 0 Å². The molecule has 1 aliphatic carbocycles. The third-order valence-corrected chi connectivity index (χ3v) is 7.17. The zero-order chi connectivity index (χ0) is 22.4. The summed E-state index contributed by atoms with van der Waals surface area (Å²) in [5.41, 5.74) is 7.30. The number of rotatable bonds is 10. The molecule has 0 atom stereocenters. The van der Waals surface area contributed by atoms with Crippen molar-refractivity contribution in [2.45, 2.75) is 64.7 Å². The zero-order valence-corrected chi connectivity index (χ0v) is 20.0. The van der Waals surface area contributed by atoms with E-state index in [4.69, 9.17) is 33.7 Å². The summed E-state index contributed by atoms with van der Waals surface area (Å²) in [6.07, 6.45) is 9.41. The van der Waals surface area contributed by atoms with Gasteiger partial charge in [-0.15, -0.1) is 11.3 Å². The second-order valence-electron chi connectivity index (χ2n) is 7.77. The van der Waals surface area contributed by atoms with Gasteiger partial charge < -0.3 is 15.8 Å². The first-order valence-electron chi connectivity index (χ1n) is 10.8. The van der Waals surface area contributed by atoms with Crippen LogP contribution < -0.4 is 15.8 Å². The van der Waals surface area contributed by atoms with Gasteiger partial charge in [0.2, 0.25) is 0 Å². The Kier molecular flexibility index (Phi) is 8.64. The fourth-order valence-electron chi connectivity index (χ4n) is 3.80. The highest BCUT2D eigenvalue weighted by atomic mass is 35.5. The first-order chi connectivity index (χ1) is 14.9. The third kappa shape index (κ3) is 5.93. The van der Waals surface area contributed by atoms with Gasteiger partial charge in [0, 0.05) is 10.4 Å². The minimum absolute atomic E-state index is 0.284. The summed E-state index contributed by atoms with van der Waals surface area (Å²) >= 11 is 14.1. The van der Waals surface area contributed by atoms with Crippen LogP contribution in [0.3, 0.4) is 0 Å². The molecule has 0 spiro atoms. The molecule has 0 unspecified atom stereocenters. The number of carbonyl (C=O) groups excluding carboxylic acids is 2. The number of unbranched alkanes of at least 4 members (excludes halogenated alkanes) is 4. The summed E-state index contributed by atoms with van der Waals surface area (Å²) in [6.45, 7) is 2.70. The Bertz CT molecular complexity index is 936. The van der Waals surface area contributed by atoms with Crippen molar-refractivity contribution in [1.82, 2.24) is 0 Å². The lowest BCUT2D eigenvalue weighted by Crippen LogP contribution is -2.18. The molecule has 2 amide bonds. The van der Waals surface area contributed by atoms with E-state index in [-0.39, 0.29) is 10.0 Å².